The first-order valence-electron chi connectivity index (χ1n) is 4.19. The maximum Gasteiger partial charge on any atom is 0.228 e. The van der Waals surface area contributed by atoms with Gasteiger partial charge in [0.1, 0.15) is 5.82 Å². The van der Waals surface area contributed by atoms with Gasteiger partial charge < -0.3 is 5.32 Å². The lowest BCUT2D eigenvalue weighted by molar-refractivity contribution is -0.117. The monoisotopic (exact) mass is 288 g/mol. The Labute approximate surface area is 90.1 Å². The molecule has 0 aliphatic heterocycles. The van der Waals surface area contributed by atoms with E-state index in [1.165, 1.54) is 0 Å². The molecule has 2 rings (SSSR count). The van der Waals surface area contributed by atoms with Crippen molar-refractivity contribution in [3.63, 3.8) is 0 Å². The number of rotatable bonds is 2. The van der Waals surface area contributed by atoms with Crippen molar-refractivity contribution >= 4 is 34.3 Å². The number of aromatic nitrogens is 1. The van der Waals surface area contributed by atoms with Gasteiger partial charge in [-0.15, -0.1) is 0 Å². The van der Waals surface area contributed by atoms with E-state index < -0.39 is 0 Å². The van der Waals surface area contributed by atoms with Crippen molar-refractivity contribution in [1.29, 1.82) is 0 Å². The van der Waals surface area contributed by atoms with Gasteiger partial charge in [0, 0.05) is 12.1 Å². The third-order valence-electron chi connectivity index (χ3n) is 1.95. The van der Waals surface area contributed by atoms with Crippen molar-refractivity contribution in [2.45, 2.75) is 12.8 Å². The number of anilines is 1. The van der Waals surface area contributed by atoms with Gasteiger partial charge >= 0.3 is 0 Å². The van der Waals surface area contributed by atoms with Gasteiger partial charge in [-0.3, -0.25) is 4.79 Å². The molecule has 0 aromatic carbocycles. The number of carbonyl (C=O) groups excluding carboxylic acids is 1. The Morgan fingerprint density at radius 3 is 3.00 bits per heavy atom. The summed E-state index contributed by atoms with van der Waals surface area (Å²) in [5.74, 6) is 1.02. The normalized spacial score (nSPS) is 15.5. The minimum absolute atomic E-state index is 0.108. The van der Waals surface area contributed by atoms with Gasteiger partial charge in [0.25, 0.3) is 0 Å². The van der Waals surface area contributed by atoms with Gasteiger partial charge in [0.2, 0.25) is 5.91 Å². The number of nitrogens with one attached hydrogen (secondary N) is 1. The molecule has 68 valence electrons. The second-order valence-corrected chi connectivity index (χ2v) is 4.26. The SMILES string of the molecule is O=C(Nc1ncccc1I)C1CC1. The van der Waals surface area contributed by atoms with Gasteiger partial charge in [0.15, 0.2) is 0 Å². The van der Waals surface area contributed by atoms with Gasteiger partial charge in [-0.05, 0) is 47.6 Å². The van der Waals surface area contributed by atoms with E-state index in [-0.39, 0.29) is 11.8 Å². The first-order chi connectivity index (χ1) is 6.27. The van der Waals surface area contributed by atoms with E-state index in [2.05, 4.69) is 32.9 Å². The lowest BCUT2D eigenvalue weighted by Crippen LogP contribution is -2.15. The average Bonchev–Trinajstić information content (AvgIpc) is 2.91. The van der Waals surface area contributed by atoms with Crippen LogP contribution in [0.15, 0.2) is 18.3 Å². The van der Waals surface area contributed by atoms with Crippen LogP contribution in [0.25, 0.3) is 0 Å². The fourth-order valence-electron chi connectivity index (χ4n) is 1.04. The quantitative estimate of drug-likeness (QED) is 0.846. The van der Waals surface area contributed by atoms with E-state index >= 15 is 0 Å². The fraction of sp³-hybridized carbons (Fsp3) is 0.333. The van der Waals surface area contributed by atoms with Gasteiger partial charge in [0.05, 0.1) is 3.57 Å². The molecule has 1 amide bonds. The summed E-state index contributed by atoms with van der Waals surface area (Å²) in [4.78, 5) is 15.5. The van der Waals surface area contributed by atoms with Crippen LogP contribution in [-0.4, -0.2) is 10.9 Å². The number of carbonyl (C=O) groups is 1. The molecule has 1 aromatic rings. The minimum atomic E-state index is 0.108. The third kappa shape index (κ3) is 2.18. The topological polar surface area (TPSA) is 42.0 Å². The standard InChI is InChI=1S/C9H9IN2O/c10-7-2-1-5-11-8(7)12-9(13)6-3-4-6/h1-2,5-6H,3-4H2,(H,11,12,13). The molecule has 0 atom stereocenters. The maximum atomic E-state index is 11.4. The molecule has 1 aliphatic carbocycles. The average molecular weight is 288 g/mol. The van der Waals surface area contributed by atoms with Crippen LogP contribution in [0, 0.1) is 9.49 Å². The fourth-order valence-corrected chi connectivity index (χ4v) is 1.52. The minimum Gasteiger partial charge on any atom is -0.310 e. The van der Waals surface area contributed by atoms with Crippen molar-refractivity contribution in [2.24, 2.45) is 5.92 Å². The number of halogens is 1. The van der Waals surface area contributed by atoms with Crippen LogP contribution in [-0.2, 0) is 4.79 Å². The Kier molecular flexibility index (Phi) is 2.48. The number of pyridine rings is 1. The summed E-state index contributed by atoms with van der Waals surface area (Å²) < 4.78 is 0.981. The van der Waals surface area contributed by atoms with Crippen LogP contribution in [0.1, 0.15) is 12.8 Å². The molecule has 3 nitrogen and oxygen atoms in total. The second-order valence-electron chi connectivity index (χ2n) is 3.10. The van der Waals surface area contributed by atoms with Crippen LogP contribution in [0.3, 0.4) is 0 Å². The Hall–Kier alpha value is -0.650. The van der Waals surface area contributed by atoms with Crippen LogP contribution in [0.2, 0.25) is 0 Å². The molecule has 1 N–H and O–H groups in total. The maximum absolute atomic E-state index is 11.4. The van der Waals surface area contributed by atoms with E-state index in [1.807, 2.05) is 12.1 Å². The van der Waals surface area contributed by atoms with E-state index in [1.54, 1.807) is 6.20 Å². The Morgan fingerprint density at radius 2 is 2.38 bits per heavy atom. The zero-order valence-corrected chi connectivity index (χ0v) is 9.11. The smallest absolute Gasteiger partial charge is 0.228 e. The first-order valence-corrected chi connectivity index (χ1v) is 5.26. The molecule has 1 heterocycles. The summed E-state index contributed by atoms with van der Waals surface area (Å²) in [5.41, 5.74) is 0. The molecule has 1 fully saturated rings. The van der Waals surface area contributed by atoms with Gasteiger partial charge in [-0.2, -0.15) is 0 Å². The number of hydrogen-bond acceptors (Lipinski definition) is 2. The van der Waals surface area contributed by atoms with Crippen LogP contribution in [0.5, 0.6) is 0 Å². The third-order valence-corrected chi connectivity index (χ3v) is 2.82. The van der Waals surface area contributed by atoms with Crippen molar-refractivity contribution in [3.05, 3.63) is 21.9 Å². The molecule has 0 spiro atoms. The summed E-state index contributed by atoms with van der Waals surface area (Å²) >= 11 is 2.16. The molecule has 1 saturated carbocycles. The predicted octanol–water partition coefficient (Wildman–Crippen LogP) is 2.03. The molecule has 13 heavy (non-hydrogen) atoms. The summed E-state index contributed by atoms with van der Waals surface area (Å²) in [5, 5.41) is 2.81. The molecule has 1 aromatic heterocycles. The van der Waals surface area contributed by atoms with E-state index in [0.29, 0.717) is 5.82 Å². The van der Waals surface area contributed by atoms with Gasteiger partial charge in [-0.1, -0.05) is 0 Å². The molecule has 0 unspecified atom stereocenters. The number of nitrogens with zero attached hydrogens (tertiary/aromatic N) is 1. The first kappa shape index (κ1) is 8.93. The molecule has 0 radical (unpaired) electrons. The Morgan fingerprint density at radius 1 is 1.62 bits per heavy atom. The number of amides is 1. The molecule has 0 bridgehead atoms. The molecule has 1 aliphatic rings. The van der Waals surface area contributed by atoms with E-state index in [9.17, 15) is 4.79 Å². The highest BCUT2D eigenvalue weighted by atomic mass is 127. The second kappa shape index (κ2) is 3.61. The lowest BCUT2D eigenvalue weighted by Gasteiger charge is -2.03. The van der Waals surface area contributed by atoms with Crippen LogP contribution in [0.4, 0.5) is 5.82 Å². The van der Waals surface area contributed by atoms with Gasteiger partial charge in [-0.25, -0.2) is 4.98 Å². The van der Waals surface area contributed by atoms with E-state index in [4.69, 9.17) is 0 Å². The number of hydrogen-bond donors (Lipinski definition) is 1. The molecular formula is C9H9IN2O. The highest BCUT2D eigenvalue weighted by Crippen LogP contribution is 2.30. The highest BCUT2D eigenvalue weighted by Gasteiger charge is 2.29. The van der Waals surface area contributed by atoms with Crippen molar-refractivity contribution in [3.8, 4) is 0 Å². The largest absolute Gasteiger partial charge is 0.310 e. The molecular weight excluding hydrogens is 279 g/mol. The van der Waals surface area contributed by atoms with Crippen molar-refractivity contribution in [2.75, 3.05) is 5.32 Å². The summed E-state index contributed by atoms with van der Waals surface area (Å²) in [6.45, 7) is 0. The van der Waals surface area contributed by atoms with Crippen LogP contribution >= 0.6 is 22.6 Å². The Balaban J connectivity index is 2.08. The predicted molar refractivity (Wildman–Crippen MR) is 58.3 cm³/mol. The lowest BCUT2D eigenvalue weighted by atomic mass is 10.4. The highest BCUT2D eigenvalue weighted by molar-refractivity contribution is 14.1. The zero-order chi connectivity index (χ0) is 9.26. The molecule has 0 saturated heterocycles. The summed E-state index contributed by atoms with van der Waals surface area (Å²) in [6.07, 6.45) is 3.73. The summed E-state index contributed by atoms with van der Waals surface area (Å²) in [6, 6.07) is 3.78. The molecule has 4 heteroatoms. The van der Waals surface area contributed by atoms with Crippen LogP contribution < -0.4 is 5.32 Å². The van der Waals surface area contributed by atoms with Crippen molar-refractivity contribution in [1.82, 2.24) is 4.98 Å². The zero-order valence-electron chi connectivity index (χ0n) is 6.96. The Bertz CT molecular complexity index is 336. The summed E-state index contributed by atoms with van der Waals surface area (Å²) in [7, 11) is 0. The van der Waals surface area contributed by atoms with E-state index in [0.717, 1.165) is 16.4 Å². The van der Waals surface area contributed by atoms with Crippen molar-refractivity contribution < 1.29 is 4.79 Å².